The zero-order valence-corrected chi connectivity index (χ0v) is 26.4. The Morgan fingerprint density at radius 3 is 2.16 bits per heavy atom. The van der Waals surface area contributed by atoms with E-state index in [0.717, 1.165) is 4.90 Å². The largest absolute Gasteiger partial charge is 0.464 e. The summed E-state index contributed by atoms with van der Waals surface area (Å²) in [6, 6.07) is 15.1. The number of hydrogen-bond donors (Lipinski definition) is 0. The highest BCUT2D eigenvalue weighted by Gasteiger charge is 2.51. The number of benzene rings is 3. The van der Waals surface area contributed by atoms with Gasteiger partial charge in [-0.05, 0) is 92.6 Å². The van der Waals surface area contributed by atoms with E-state index in [2.05, 4.69) is 15.9 Å². The molecule has 0 aromatic heterocycles. The first-order valence-corrected chi connectivity index (χ1v) is 15.6. The number of hydrogen-bond acceptors (Lipinski definition) is 6. The Hall–Kier alpha value is -4.38. The molecular formula is C34H31BrFN3O6. The van der Waals surface area contributed by atoms with Crippen LogP contribution in [0.1, 0.15) is 73.2 Å². The minimum absolute atomic E-state index is 0.0175. The van der Waals surface area contributed by atoms with Gasteiger partial charge in [0.15, 0.2) is 0 Å². The number of carbonyl (C=O) groups is 5. The zero-order valence-electron chi connectivity index (χ0n) is 24.8. The monoisotopic (exact) mass is 675 g/mol. The van der Waals surface area contributed by atoms with Gasteiger partial charge >= 0.3 is 5.97 Å². The fraction of sp³-hybridized carbons (Fsp3) is 0.324. The fourth-order valence-electron chi connectivity index (χ4n) is 6.60. The summed E-state index contributed by atoms with van der Waals surface area (Å²) in [5, 5.41) is 0. The van der Waals surface area contributed by atoms with Crippen molar-refractivity contribution in [3.8, 4) is 0 Å². The Bertz CT molecular complexity index is 1700. The van der Waals surface area contributed by atoms with Gasteiger partial charge < -0.3 is 14.5 Å². The van der Waals surface area contributed by atoms with Crippen LogP contribution in [0.4, 0.5) is 10.1 Å². The zero-order chi connectivity index (χ0) is 32.0. The van der Waals surface area contributed by atoms with Crippen LogP contribution in [0.15, 0.2) is 65.1 Å². The van der Waals surface area contributed by atoms with Gasteiger partial charge in [0.1, 0.15) is 11.9 Å². The van der Waals surface area contributed by atoms with E-state index in [1.54, 1.807) is 73.3 Å². The number of anilines is 1. The maximum atomic E-state index is 14.9. The van der Waals surface area contributed by atoms with Crippen molar-refractivity contribution in [1.82, 2.24) is 9.80 Å². The van der Waals surface area contributed by atoms with E-state index in [1.165, 1.54) is 11.0 Å². The number of likely N-dealkylation sites (tertiary alicyclic amines) is 2. The Morgan fingerprint density at radius 1 is 0.933 bits per heavy atom. The average molecular weight is 677 g/mol. The third-order valence-corrected chi connectivity index (χ3v) is 10.0. The van der Waals surface area contributed by atoms with Crippen LogP contribution in [0.25, 0.3) is 0 Å². The molecule has 232 valence electrons. The molecule has 11 heteroatoms. The highest BCUT2D eigenvalue weighted by molar-refractivity contribution is 9.10. The summed E-state index contributed by atoms with van der Waals surface area (Å²) >= 11 is 3.29. The molecule has 2 fully saturated rings. The predicted octanol–water partition coefficient (Wildman–Crippen LogP) is 5.40. The number of nitrogens with zero attached hydrogens (tertiary/aromatic N) is 3. The van der Waals surface area contributed by atoms with E-state index in [1.807, 2.05) is 0 Å². The van der Waals surface area contributed by atoms with Gasteiger partial charge in [0.05, 0.1) is 29.0 Å². The Labute approximate surface area is 268 Å². The molecule has 45 heavy (non-hydrogen) atoms. The molecule has 3 aromatic carbocycles. The van der Waals surface area contributed by atoms with Crippen molar-refractivity contribution in [2.75, 3.05) is 31.1 Å². The molecule has 1 atom stereocenters. The van der Waals surface area contributed by atoms with Gasteiger partial charge in [0.25, 0.3) is 23.6 Å². The number of halogens is 2. The minimum Gasteiger partial charge on any atom is -0.464 e. The molecule has 0 bridgehead atoms. The molecule has 2 saturated heterocycles. The van der Waals surface area contributed by atoms with Crippen molar-refractivity contribution in [1.29, 1.82) is 0 Å². The van der Waals surface area contributed by atoms with Gasteiger partial charge in [-0.2, -0.15) is 0 Å². The minimum atomic E-state index is -0.804. The second-order valence-electron chi connectivity index (χ2n) is 11.8. The van der Waals surface area contributed by atoms with E-state index in [0.29, 0.717) is 71.3 Å². The van der Waals surface area contributed by atoms with Crippen LogP contribution in [0.3, 0.4) is 0 Å². The molecule has 9 nitrogen and oxygen atoms in total. The molecule has 1 spiro atoms. The van der Waals surface area contributed by atoms with Crippen molar-refractivity contribution < 1.29 is 33.1 Å². The van der Waals surface area contributed by atoms with Crippen molar-refractivity contribution in [3.05, 3.63) is 98.8 Å². The standard InChI is InChI=1S/C34H31BrFN3O6/c1-3-45-33(44)27-18-34(14-16-37(17-15-34)30(41)25-12-13-26(35)20(2)28(25)36)19-38(27)29(40)21-8-10-22(11-9-21)39-31(42)23-6-4-5-7-24(23)32(39)43/h4-13,27H,3,14-19H2,1-2H3. The van der Waals surface area contributed by atoms with Crippen LogP contribution < -0.4 is 4.90 Å². The number of ether oxygens (including phenoxy) is 1. The molecule has 3 aliphatic heterocycles. The number of amides is 4. The second kappa shape index (κ2) is 11.8. The van der Waals surface area contributed by atoms with Gasteiger partial charge in [0.2, 0.25) is 0 Å². The summed E-state index contributed by atoms with van der Waals surface area (Å²) in [7, 11) is 0. The SMILES string of the molecule is CCOC(=O)C1CC2(CCN(C(=O)c3ccc(Br)c(C)c3F)CC2)CN1C(=O)c1ccc(N2C(=O)c3ccccc3C2=O)cc1. The average Bonchev–Trinajstić information content (AvgIpc) is 3.54. The molecule has 0 aliphatic carbocycles. The lowest BCUT2D eigenvalue weighted by atomic mass is 9.76. The number of rotatable bonds is 5. The van der Waals surface area contributed by atoms with E-state index >= 15 is 0 Å². The molecule has 6 rings (SSSR count). The van der Waals surface area contributed by atoms with Crippen LogP contribution >= 0.6 is 15.9 Å². The highest BCUT2D eigenvalue weighted by Crippen LogP contribution is 2.44. The van der Waals surface area contributed by atoms with Gasteiger partial charge in [-0.15, -0.1) is 0 Å². The smallest absolute Gasteiger partial charge is 0.328 e. The highest BCUT2D eigenvalue weighted by atomic mass is 79.9. The maximum absolute atomic E-state index is 14.9. The second-order valence-corrected chi connectivity index (χ2v) is 12.6. The molecule has 3 heterocycles. The van der Waals surface area contributed by atoms with Crippen LogP contribution in [0, 0.1) is 18.2 Å². The fourth-order valence-corrected chi connectivity index (χ4v) is 6.91. The van der Waals surface area contributed by atoms with Gasteiger partial charge in [0, 0.05) is 29.7 Å². The summed E-state index contributed by atoms with van der Waals surface area (Å²) in [4.78, 5) is 70.2. The van der Waals surface area contributed by atoms with Crippen molar-refractivity contribution in [2.45, 2.75) is 39.2 Å². The molecule has 3 aromatic rings. The summed E-state index contributed by atoms with van der Waals surface area (Å²) in [5.74, 6) is -2.66. The number of fused-ring (bicyclic) bond motifs is 1. The van der Waals surface area contributed by atoms with E-state index in [9.17, 15) is 28.4 Å². The Kier molecular flexibility index (Phi) is 8.07. The Balaban J connectivity index is 1.18. The molecule has 0 N–H and O–H groups in total. The van der Waals surface area contributed by atoms with E-state index < -0.39 is 35.1 Å². The van der Waals surface area contributed by atoms with Gasteiger partial charge in [-0.3, -0.25) is 19.2 Å². The first-order valence-electron chi connectivity index (χ1n) is 14.8. The molecule has 3 aliphatic rings. The third-order valence-electron chi connectivity index (χ3n) is 9.16. The van der Waals surface area contributed by atoms with Crippen molar-refractivity contribution in [3.63, 3.8) is 0 Å². The molecule has 0 radical (unpaired) electrons. The predicted molar refractivity (Wildman–Crippen MR) is 167 cm³/mol. The normalized spacial score (nSPS) is 18.8. The number of carbonyl (C=O) groups excluding carboxylic acids is 5. The lowest BCUT2D eigenvalue weighted by Crippen LogP contribution is -2.45. The summed E-state index contributed by atoms with van der Waals surface area (Å²) in [6.07, 6.45) is 1.46. The van der Waals surface area contributed by atoms with Crippen LogP contribution in [-0.4, -0.2) is 71.7 Å². The molecule has 1 unspecified atom stereocenters. The van der Waals surface area contributed by atoms with Crippen molar-refractivity contribution >= 4 is 51.2 Å². The summed E-state index contributed by atoms with van der Waals surface area (Å²) in [5.41, 5.74) is 1.26. The molecule has 0 saturated carbocycles. The maximum Gasteiger partial charge on any atom is 0.328 e. The van der Waals surface area contributed by atoms with E-state index in [4.69, 9.17) is 4.74 Å². The summed E-state index contributed by atoms with van der Waals surface area (Å²) < 4.78 is 20.8. The lowest BCUT2D eigenvalue weighted by molar-refractivity contribution is -0.147. The number of esters is 1. The molecular weight excluding hydrogens is 645 g/mol. The number of imide groups is 1. The first kappa shape index (κ1) is 30.6. The quantitative estimate of drug-likeness (QED) is 0.265. The van der Waals surface area contributed by atoms with Crippen LogP contribution in [-0.2, 0) is 9.53 Å². The Morgan fingerprint density at radius 2 is 1.56 bits per heavy atom. The molecule has 4 amide bonds. The third kappa shape index (κ3) is 5.32. The van der Waals surface area contributed by atoms with Crippen LogP contribution in [0.2, 0.25) is 0 Å². The number of piperidine rings is 1. The lowest BCUT2D eigenvalue weighted by Gasteiger charge is -2.39. The van der Waals surface area contributed by atoms with Gasteiger partial charge in [-0.25, -0.2) is 14.1 Å². The van der Waals surface area contributed by atoms with Crippen molar-refractivity contribution in [2.24, 2.45) is 5.41 Å². The van der Waals surface area contributed by atoms with Gasteiger partial charge in [-0.1, -0.05) is 28.1 Å². The topological polar surface area (TPSA) is 104 Å². The van der Waals surface area contributed by atoms with E-state index in [-0.39, 0.29) is 24.0 Å². The summed E-state index contributed by atoms with van der Waals surface area (Å²) in [6.45, 7) is 4.50. The first-order chi connectivity index (χ1) is 21.5. The van der Waals surface area contributed by atoms with Crippen LogP contribution in [0.5, 0.6) is 0 Å².